The number of hydrogen-bond donors (Lipinski definition) is 0. The molecule has 0 atom stereocenters. The van der Waals surface area contributed by atoms with Gasteiger partial charge in [0.15, 0.2) is 11.5 Å². The van der Waals surface area contributed by atoms with Gasteiger partial charge in [-0.25, -0.2) is 4.79 Å². The summed E-state index contributed by atoms with van der Waals surface area (Å²) in [6.45, 7) is 4.83. The summed E-state index contributed by atoms with van der Waals surface area (Å²) in [5.74, 6) is -1.90. The fraction of sp³-hybridized carbons (Fsp3) is 0.250. The highest BCUT2D eigenvalue weighted by atomic mass is 35.5. The van der Waals surface area contributed by atoms with Crippen LogP contribution in [-0.2, 0) is 14.3 Å². The molecule has 0 spiro atoms. The van der Waals surface area contributed by atoms with Crippen LogP contribution < -0.4 is 9.47 Å². The number of hydrogen-bond acceptors (Lipinski definition) is 8. The monoisotopic (exact) mass is 537 g/mol. The van der Waals surface area contributed by atoms with Crippen molar-refractivity contribution < 1.29 is 33.4 Å². The number of esters is 2. The Balaban J connectivity index is 1.86. The van der Waals surface area contributed by atoms with Crippen molar-refractivity contribution >= 4 is 64.1 Å². The van der Waals surface area contributed by atoms with E-state index in [0.29, 0.717) is 17.3 Å². The molecule has 2 amide bonds. The number of carbonyl (C=O) groups excluding carboxylic acids is 4. The minimum atomic E-state index is -0.722. The SMILES string of the molecule is CCOc1cc(/C=C2\SC(=O)N(CC(=O)OC(C)C)C2=O)cc(Cl)c1OC(=O)c1ccccc1Cl. The van der Waals surface area contributed by atoms with Gasteiger partial charge < -0.3 is 14.2 Å². The number of thioether (sulfide) groups is 1. The zero-order valence-electron chi connectivity index (χ0n) is 19.0. The second-order valence-electron chi connectivity index (χ2n) is 7.44. The van der Waals surface area contributed by atoms with E-state index in [9.17, 15) is 19.2 Å². The van der Waals surface area contributed by atoms with Gasteiger partial charge in [-0.05, 0) is 68.4 Å². The number of carbonyl (C=O) groups is 4. The fourth-order valence-electron chi connectivity index (χ4n) is 3.02. The summed E-state index contributed by atoms with van der Waals surface area (Å²) in [4.78, 5) is 50.4. The van der Waals surface area contributed by atoms with Crippen LogP contribution in [0.3, 0.4) is 0 Å². The van der Waals surface area contributed by atoms with Crippen molar-refractivity contribution in [1.29, 1.82) is 0 Å². The average molecular weight is 538 g/mol. The molecule has 1 aliphatic heterocycles. The van der Waals surface area contributed by atoms with Crippen molar-refractivity contribution in [2.75, 3.05) is 13.2 Å². The van der Waals surface area contributed by atoms with Crippen LogP contribution in [0.25, 0.3) is 6.08 Å². The zero-order valence-corrected chi connectivity index (χ0v) is 21.3. The lowest BCUT2D eigenvalue weighted by Gasteiger charge is -2.14. The standard InChI is InChI=1S/C24H21Cl2NO7S/c1-4-32-18-10-14(9-17(26)21(18)34-23(30)15-7-5-6-8-16(15)25)11-19-22(29)27(24(31)35-19)12-20(28)33-13(2)3/h5-11,13H,4,12H2,1-3H3/b19-11-. The van der Waals surface area contributed by atoms with Gasteiger partial charge in [-0.2, -0.15) is 0 Å². The lowest BCUT2D eigenvalue weighted by molar-refractivity contribution is -0.149. The van der Waals surface area contributed by atoms with Crippen LogP contribution in [0.4, 0.5) is 4.79 Å². The molecule has 0 N–H and O–H groups in total. The van der Waals surface area contributed by atoms with E-state index in [1.165, 1.54) is 24.3 Å². The molecule has 1 fully saturated rings. The Bertz CT molecular complexity index is 1210. The van der Waals surface area contributed by atoms with Gasteiger partial charge in [0.2, 0.25) is 0 Å². The molecule has 0 radical (unpaired) electrons. The third-order valence-corrected chi connectivity index (χ3v) is 5.96. The van der Waals surface area contributed by atoms with Crippen molar-refractivity contribution in [2.45, 2.75) is 26.9 Å². The predicted molar refractivity (Wildman–Crippen MR) is 133 cm³/mol. The minimum absolute atomic E-state index is 0.0138. The van der Waals surface area contributed by atoms with E-state index < -0.39 is 29.6 Å². The van der Waals surface area contributed by atoms with Gasteiger partial charge in [-0.15, -0.1) is 0 Å². The quantitative estimate of drug-likeness (QED) is 0.243. The van der Waals surface area contributed by atoms with Crippen LogP contribution in [0.15, 0.2) is 41.3 Å². The molecule has 3 rings (SSSR count). The number of amides is 2. The Labute approximate surface area is 216 Å². The lowest BCUT2D eigenvalue weighted by atomic mass is 10.1. The molecular weight excluding hydrogens is 517 g/mol. The third kappa shape index (κ3) is 6.56. The fourth-order valence-corrected chi connectivity index (χ4v) is 4.33. The van der Waals surface area contributed by atoms with E-state index in [0.717, 1.165) is 4.90 Å². The van der Waals surface area contributed by atoms with Crippen molar-refractivity contribution in [1.82, 2.24) is 4.90 Å². The summed E-state index contributed by atoms with van der Waals surface area (Å²) < 4.78 is 16.1. The summed E-state index contributed by atoms with van der Waals surface area (Å²) >= 11 is 13.1. The molecule has 0 bridgehead atoms. The van der Waals surface area contributed by atoms with Gasteiger partial charge in [0.25, 0.3) is 11.1 Å². The first-order chi connectivity index (χ1) is 16.6. The lowest BCUT2D eigenvalue weighted by Crippen LogP contribution is -2.35. The van der Waals surface area contributed by atoms with Crippen LogP contribution in [-0.4, -0.2) is 47.2 Å². The largest absolute Gasteiger partial charge is 0.490 e. The number of halogens is 2. The normalized spacial score (nSPS) is 14.6. The van der Waals surface area contributed by atoms with E-state index in [2.05, 4.69) is 0 Å². The zero-order chi connectivity index (χ0) is 25.7. The first kappa shape index (κ1) is 26.6. The molecule has 35 heavy (non-hydrogen) atoms. The number of rotatable bonds is 8. The number of nitrogens with zero attached hydrogens (tertiary/aromatic N) is 1. The van der Waals surface area contributed by atoms with Gasteiger partial charge in [0.05, 0.1) is 33.2 Å². The summed E-state index contributed by atoms with van der Waals surface area (Å²) in [6.07, 6.45) is 1.06. The molecule has 1 saturated heterocycles. The molecule has 184 valence electrons. The molecule has 8 nitrogen and oxygen atoms in total. The molecule has 1 heterocycles. The smallest absolute Gasteiger partial charge is 0.345 e. The van der Waals surface area contributed by atoms with Crippen LogP contribution in [0, 0.1) is 0 Å². The maximum Gasteiger partial charge on any atom is 0.345 e. The van der Waals surface area contributed by atoms with E-state index in [4.69, 9.17) is 37.4 Å². The number of benzene rings is 2. The Kier molecular flexibility index (Phi) is 8.82. The van der Waals surface area contributed by atoms with Gasteiger partial charge >= 0.3 is 11.9 Å². The Morgan fingerprint density at radius 3 is 2.49 bits per heavy atom. The van der Waals surface area contributed by atoms with Gasteiger partial charge in [-0.3, -0.25) is 19.3 Å². The van der Waals surface area contributed by atoms with Gasteiger partial charge in [-0.1, -0.05) is 35.3 Å². The number of ether oxygens (including phenoxy) is 3. The maximum atomic E-state index is 12.7. The Hall–Kier alpha value is -3.01. The van der Waals surface area contributed by atoms with Crippen LogP contribution in [0.1, 0.15) is 36.7 Å². The molecule has 0 unspecified atom stereocenters. The molecule has 0 saturated carbocycles. The van der Waals surface area contributed by atoms with Gasteiger partial charge in [0.1, 0.15) is 6.54 Å². The molecule has 11 heteroatoms. The summed E-state index contributed by atoms with van der Waals surface area (Å²) in [5, 5.41) is -0.332. The summed E-state index contributed by atoms with van der Waals surface area (Å²) in [7, 11) is 0. The highest BCUT2D eigenvalue weighted by Crippen LogP contribution is 2.39. The first-order valence-electron chi connectivity index (χ1n) is 10.5. The predicted octanol–water partition coefficient (Wildman–Crippen LogP) is 5.60. The average Bonchev–Trinajstić information content (AvgIpc) is 3.03. The van der Waals surface area contributed by atoms with E-state index in [1.807, 2.05) is 0 Å². The van der Waals surface area contributed by atoms with Crippen molar-refractivity contribution in [3.8, 4) is 11.5 Å². The highest BCUT2D eigenvalue weighted by molar-refractivity contribution is 8.18. The molecule has 2 aromatic carbocycles. The Morgan fingerprint density at radius 2 is 1.83 bits per heavy atom. The van der Waals surface area contributed by atoms with Crippen LogP contribution in [0.5, 0.6) is 11.5 Å². The first-order valence-corrected chi connectivity index (χ1v) is 12.1. The minimum Gasteiger partial charge on any atom is -0.490 e. The van der Waals surface area contributed by atoms with Crippen molar-refractivity contribution in [3.63, 3.8) is 0 Å². The highest BCUT2D eigenvalue weighted by Gasteiger charge is 2.37. The molecule has 0 aromatic heterocycles. The molecule has 1 aliphatic rings. The second-order valence-corrected chi connectivity index (χ2v) is 9.25. The summed E-state index contributed by atoms with van der Waals surface area (Å²) in [6, 6.07) is 9.38. The van der Waals surface area contributed by atoms with Crippen LogP contribution >= 0.6 is 35.0 Å². The van der Waals surface area contributed by atoms with E-state index in [-0.39, 0.29) is 44.7 Å². The van der Waals surface area contributed by atoms with Gasteiger partial charge in [0, 0.05) is 0 Å². The van der Waals surface area contributed by atoms with Crippen molar-refractivity contribution in [3.05, 3.63) is 62.5 Å². The maximum absolute atomic E-state index is 12.7. The van der Waals surface area contributed by atoms with E-state index >= 15 is 0 Å². The van der Waals surface area contributed by atoms with Crippen LogP contribution in [0.2, 0.25) is 10.0 Å². The van der Waals surface area contributed by atoms with Crippen molar-refractivity contribution in [2.24, 2.45) is 0 Å². The Morgan fingerprint density at radius 1 is 1.11 bits per heavy atom. The molecule has 0 aliphatic carbocycles. The third-order valence-electron chi connectivity index (χ3n) is 4.45. The summed E-state index contributed by atoms with van der Waals surface area (Å²) in [5.41, 5.74) is 0.577. The topological polar surface area (TPSA) is 99.2 Å². The molecule has 2 aromatic rings. The number of imide groups is 1. The van der Waals surface area contributed by atoms with E-state index in [1.54, 1.807) is 39.0 Å². The molecular formula is C24H21Cl2NO7S. The second kappa shape index (κ2) is 11.6.